The average Bonchev–Trinajstić information content (AvgIpc) is 2.12. The van der Waals surface area contributed by atoms with Crippen LogP contribution in [-0.2, 0) is 9.47 Å². The Bertz CT molecular complexity index is 68.8. The maximum atomic E-state index is 5.15. The normalized spacial score (nSPS) is 33.0. The lowest BCUT2D eigenvalue weighted by Gasteiger charge is -2.07. The minimum absolute atomic E-state index is 0.259. The molecule has 1 aliphatic rings. The summed E-state index contributed by atoms with van der Waals surface area (Å²) in [6, 6.07) is 0. The Labute approximate surface area is 57.3 Å². The highest BCUT2D eigenvalue weighted by molar-refractivity contribution is 9.09. The lowest BCUT2D eigenvalue weighted by atomic mass is 10.3. The van der Waals surface area contributed by atoms with Gasteiger partial charge >= 0.3 is 0 Å². The summed E-state index contributed by atoms with van der Waals surface area (Å²) in [5, 5.41) is 0. The van der Waals surface area contributed by atoms with Gasteiger partial charge in [0.1, 0.15) is 6.79 Å². The Hall–Kier alpha value is 0.400. The smallest absolute Gasteiger partial charge is 0.147 e. The average molecular weight is 181 g/mol. The molecule has 0 aromatic rings. The molecule has 0 radical (unpaired) electrons. The van der Waals surface area contributed by atoms with E-state index in [1.165, 1.54) is 0 Å². The van der Waals surface area contributed by atoms with E-state index in [0.717, 1.165) is 6.61 Å². The summed E-state index contributed by atoms with van der Waals surface area (Å²) in [7, 11) is 0. The molecule has 2 nitrogen and oxygen atoms in total. The summed E-state index contributed by atoms with van der Waals surface area (Å²) >= 11 is 3.40. The molecule has 0 aromatic carbocycles. The van der Waals surface area contributed by atoms with Gasteiger partial charge in [-0.3, -0.25) is 0 Å². The summed E-state index contributed by atoms with van der Waals surface area (Å²) in [5.41, 5.74) is 0. The number of hydrogen-bond donors (Lipinski definition) is 0. The van der Waals surface area contributed by atoms with Crippen molar-refractivity contribution in [2.75, 3.05) is 13.4 Å². The van der Waals surface area contributed by atoms with E-state index in [9.17, 15) is 0 Å². The zero-order chi connectivity index (χ0) is 5.98. The van der Waals surface area contributed by atoms with Crippen LogP contribution in [0, 0.1) is 0 Å². The number of alkyl halides is 1. The Morgan fingerprint density at radius 1 is 1.75 bits per heavy atom. The maximum Gasteiger partial charge on any atom is 0.147 e. The van der Waals surface area contributed by atoms with E-state index in [2.05, 4.69) is 22.9 Å². The lowest BCUT2D eigenvalue weighted by Crippen LogP contribution is -2.19. The summed E-state index contributed by atoms with van der Waals surface area (Å²) < 4.78 is 10.1. The molecule has 2 atom stereocenters. The van der Waals surface area contributed by atoms with Crippen molar-refractivity contribution >= 4 is 15.9 Å². The molecule has 1 rings (SSSR count). The molecule has 0 bridgehead atoms. The van der Waals surface area contributed by atoms with Crippen LogP contribution in [0.5, 0.6) is 0 Å². The molecule has 0 spiro atoms. The lowest BCUT2D eigenvalue weighted by molar-refractivity contribution is 0.0478. The van der Waals surface area contributed by atoms with Gasteiger partial charge in [-0.1, -0.05) is 22.9 Å². The first-order chi connectivity index (χ1) is 3.80. The number of ether oxygens (including phenoxy) is 2. The standard InChI is InChI=1S/C5H9BrO2/c1-4(6)5-2-7-3-8-5/h4-5H,2-3H2,1H3. The monoisotopic (exact) mass is 180 g/mol. The van der Waals surface area contributed by atoms with Crippen molar-refractivity contribution in [1.82, 2.24) is 0 Å². The van der Waals surface area contributed by atoms with Crippen LogP contribution in [0.15, 0.2) is 0 Å². The van der Waals surface area contributed by atoms with E-state index < -0.39 is 0 Å². The molecule has 1 saturated heterocycles. The third-order valence-corrected chi connectivity index (χ3v) is 1.75. The zero-order valence-electron chi connectivity index (χ0n) is 4.76. The van der Waals surface area contributed by atoms with E-state index >= 15 is 0 Å². The van der Waals surface area contributed by atoms with Crippen molar-refractivity contribution in [2.45, 2.75) is 17.9 Å². The van der Waals surface area contributed by atoms with Crippen LogP contribution in [0.4, 0.5) is 0 Å². The third-order valence-electron chi connectivity index (χ3n) is 1.16. The van der Waals surface area contributed by atoms with Crippen molar-refractivity contribution in [1.29, 1.82) is 0 Å². The van der Waals surface area contributed by atoms with E-state index in [4.69, 9.17) is 9.47 Å². The van der Waals surface area contributed by atoms with Crippen LogP contribution >= 0.6 is 15.9 Å². The maximum absolute atomic E-state index is 5.15. The fourth-order valence-electron chi connectivity index (χ4n) is 0.613. The highest BCUT2D eigenvalue weighted by Crippen LogP contribution is 2.13. The van der Waals surface area contributed by atoms with Crippen molar-refractivity contribution < 1.29 is 9.47 Å². The van der Waals surface area contributed by atoms with Crippen LogP contribution in [0.1, 0.15) is 6.92 Å². The Kier molecular flexibility index (Phi) is 2.28. The first kappa shape index (κ1) is 6.52. The summed E-state index contributed by atoms with van der Waals surface area (Å²) in [4.78, 5) is 0.407. The summed E-state index contributed by atoms with van der Waals surface area (Å²) in [6.07, 6.45) is 0.259. The quantitative estimate of drug-likeness (QED) is 0.564. The fraction of sp³-hybridized carbons (Fsp3) is 1.00. The van der Waals surface area contributed by atoms with Gasteiger partial charge in [-0.15, -0.1) is 0 Å². The summed E-state index contributed by atoms with van der Waals surface area (Å²) in [5.74, 6) is 0. The Morgan fingerprint density at radius 2 is 2.50 bits per heavy atom. The van der Waals surface area contributed by atoms with Crippen molar-refractivity contribution in [2.24, 2.45) is 0 Å². The van der Waals surface area contributed by atoms with Gasteiger partial charge in [0.2, 0.25) is 0 Å². The van der Waals surface area contributed by atoms with Crippen LogP contribution in [0.25, 0.3) is 0 Å². The zero-order valence-corrected chi connectivity index (χ0v) is 6.35. The van der Waals surface area contributed by atoms with Crippen LogP contribution in [-0.4, -0.2) is 24.3 Å². The molecule has 48 valence electrons. The molecule has 8 heavy (non-hydrogen) atoms. The van der Waals surface area contributed by atoms with Crippen LogP contribution in [0.3, 0.4) is 0 Å². The van der Waals surface area contributed by atoms with E-state index in [0.29, 0.717) is 11.6 Å². The van der Waals surface area contributed by atoms with Crippen LogP contribution < -0.4 is 0 Å². The highest BCUT2D eigenvalue weighted by Gasteiger charge is 2.20. The SMILES string of the molecule is CC(Br)C1COCO1. The molecule has 1 fully saturated rings. The third kappa shape index (κ3) is 1.44. The Balaban J connectivity index is 2.24. The number of halogens is 1. The van der Waals surface area contributed by atoms with E-state index in [1.807, 2.05) is 0 Å². The minimum atomic E-state index is 0.259. The topological polar surface area (TPSA) is 18.5 Å². The predicted octanol–water partition coefficient (Wildman–Crippen LogP) is 1.14. The van der Waals surface area contributed by atoms with Crippen molar-refractivity contribution in [3.63, 3.8) is 0 Å². The molecule has 0 aliphatic carbocycles. The van der Waals surface area contributed by atoms with Gasteiger partial charge in [0.15, 0.2) is 0 Å². The van der Waals surface area contributed by atoms with Gasteiger partial charge in [0, 0.05) is 4.83 Å². The first-order valence-electron chi connectivity index (χ1n) is 2.64. The van der Waals surface area contributed by atoms with Crippen LogP contribution in [0.2, 0.25) is 0 Å². The molecule has 2 unspecified atom stereocenters. The minimum Gasteiger partial charge on any atom is -0.353 e. The number of hydrogen-bond acceptors (Lipinski definition) is 2. The van der Waals surface area contributed by atoms with Gasteiger partial charge in [-0.25, -0.2) is 0 Å². The molecule has 3 heteroatoms. The number of rotatable bonds is 1. The molecule has 1 heterocycles. The van der Waals surface area contributed by atoms with E-state index in [-0.39, 0.29) is 6.10 Å². The molecule has 0 aromatic heterocycles. The fourth-order valence-corrected chi connectivity index (χ4v) is 0.918. The molecule has 0 N–H and O–H groups in total. The van der Waals surface area contributed by atoms with Gasteiger partial charge in [-0.05, 0) is 0 Å². The molecule has 0 saturated carbocycles. The molecular formula is C5H9BrO2. The highest BCUT2D eigenvalue weighted by atomic mass is 79.9. The Morgan fingerprint density at radius 3 is 2.75 bits per heavy atom. The van der Waals surface area contributed by atoms with Gasteiger partial charge in [0.25, 0.3) is 0 Å². The van der Waals surface area contributed by atoms with Crippen molar-refractivity contribution in [3.05, 3.63) is 0 Å². The largest absolute Gasteiger partial charge is 0.353 e. The second kappa shape index (κ2) is 2.80. The molecular weight excluding hydrogens is 172 g/mol. The predicted molar refractivity (Wildman–Crippen MR) is 34.1 cm³/mol. The van der Waals surface area contributed by atoms with Gasteiger partial charge < -0.3 is 9.47 Å². The second-order valence-corrected chi connectivity index (χ2v) is 3.32. The van der Waals surface area contributed by atoms with E-state index in [1.54, 1.807) is 0 Å². The van der Waals surface area contributed by atoms with Gasteiger partial charge in [0.05, 0.1) is 12.7 Å². The summed E-state index contributed by atoms with van der Waals surface area (Å²) in [6.45, 7) is 3.24. The first-order valence-corrected chi connectivity index (χ1v) is 3.55. The van der Waals surface area contributed by atoms with Crippen molar-refractivity contribution in [3.8, 4) is 0 Å². The second-order valence-electron chi connectivity index (χ2n) is 1.87. The molecule has 0 amide bonds. The van der Waals surface area contributed by atoms with Gasteiger partial charge in [-0.2, -0.15) is 0 Å². The molecule has 1 aliphatic heterocycles.